The molecule has 0 fully saturated rings. The molecule has 0 radical (unpaired) electrons. The maximum atomic E-state index is 9.92. The van der Waals surface area contributed by atoms with Gasteiger partial charge in [0.1, 0.15) is 0 Å². The summed E-state index contributed by atoms with van der Waals surface area (Å²) in [6.07, 6.45) is 5.61. The van der Waals surface area contributed by atoms with Crippen molar-refractivity contribution in [3.05, 3.63) is 0 Å². The van der Waals surface area contributed by atoms with Crippen molar-refractivity contribution in [1.82, 2.24) is 0 Å². The molecule has 12 heavy (non-hydrogen) atoms. The number of carbonyl (C=O) groups is 1. The van der Waals surface area contributed by atoms with Crippen molar-refractivity contribution in [3.63, 3.8) is 0 Å². The molecule has 0 amide bonds. The third-order valence-electron chi connectivity index (χ3n) is 1.48. The summed E-state index contributed by atoms with van der Waals surface area (Å²) < 4.78 is 0. The summed E-state index contributed by atoms with van der Waals surface area (Å²) in [5.74, 6) is -0.920. The fourth-order valence-electron chi connectivity index (χ4n) is 0.873. The third kappa shape index (κ3) is 16.8. The van der Waals surface area contributed by atoms with Crippen molar-refractivity contribution in [1.29, 1.82) is 0 Å². The number of hydrogen-bond donors (Lipinski definition) is 0. The number of rotatable bonds is 6. The van der Waals surface area contributed by atoms with Gasteiger partial charge in [0.05, 0.1) is 0 Å². The van der Waals surface area contributed by atoms with Gasteiger partial charge in [-0.1, -0.05) is 40.0 Å². The van der Waals surface area contributed by atoms with Crippen LogP contribution < -0.4 is 34.7 Å². The molecule has 0 bridgehead atoms. The molecule has 0 aromatic heterocycles. The van der Waals surface area contributed by atoms with Crippen LogP contribution in [0.25, 0.3) is 0 Å². The molecule has 0 N–H and O–H groups in total. The standard InChI is InChI=1S/C8H16O2.CH4.Na/c1-2-3-4-5-6-7-8(9)10;;/h2-7H2,1H3,(H,9,10);1H4;/q;;+1/p-1/i;1+2;. The van der Waals surface area contributed by atoms with Crippen LogP contribution in [-0.2, 0) is 4.79 Å². The molecule has 0 unspecified atom stereocenters. The van der Waals surface area contributed by atoms with E-state index in [0.717, 1.165) is 19.3 Å². The molecule has 0 heterocycles. The first-order valence-electron chi connectivity index (χ1n) is 3.97. The first-order valence-corrected chi connectivity index (χ1v) is 3.97. The summed E-state index contributed by atoms with van der Waals surface area (Å²) >= 11 is 0. The molecule has 3 heteroatoms. The van der Waals surface area contributed by atoms with Crippen molar-refractivity contribution in [2.75, 3.05) is 0 Å². The van der Waals surface area contributed by atoms with Gasteiger partial charge >= 0.3 is 29.6 Å². The largest absolute Gasteiger partial charge is 1.00 e. The van der Waals surface area contributed by atoms with Crippen LogP contribution in [-0.4, -0.2) is 5.97 Å². The van der Waals surface area contributed by atoms with E-state index in [0.29, 0.717) is 0 Å². The van der Waals surface area contributed by atoms with E-state index in [1.165, 1.54) is 12.8 Å². The van der Waals surface area contributed by atoms with Gasteiger partial charge in [-0.05, 0) is 12.8 Å². The van der Waals surface area contributed by atoms with Gasteiger partial charge in [-0.15, -0.1) is 0 Å². The minimum Gasteiger partial charge on any atom is -0.550 e. The maximum Gasteiger partial charge on any atom is 1.00 e. The Morgan fingerprint density at radius 1 is 1.17 bits per heavy atom. The van der Waals surface area contributed by atoms with E-state index in [9.17, 15) is 9.90 Å². The third-order valence-corrected chi connectivity index (χ3v) is 1.48. The molecule has 0 aliphatic rings. The smallest absolute Gasteiger partial charge is 0.550 e. The molecule has 0 rings (SSSR count). The normalized spacial score (nSPS) is 8.08. The van der Waals surface area contributed by atoms with Gasteiger partial charge in [0, 0.05) is 5.97 Å². The van der Waals surface area contributed by atoms with Crippen LogP contribution in [0.3, 0.4) is 0 Å². The molecule has 2 nitrogen and oxygen atoms in total. The summed E-state index contributed by atoms with van der Waals surface area (Å²) in [5, 5.41) is 9.92. The van der Waals surface area contributed by atoms with E-state index >= 15 is 0 Å². The second-order valence-corrected chi connectivity index (χ2v) is 2.54. The van der Waals surface area contributed by atoms with Gasteiger partial charge in [-0.3, -0.25) is 0 Å². The topological polar surface area (TPSA) is 40.1 Å². The monoisotopic (exact) mass is 184 g/mol. The SMILES string of the molecule is CCCCCCCC(=O)[O-].[14CH4].[Na+]. The maximum absolute atomic E-state index is 9.92. The molecule has 0 saturated carbocycles. The summed E-state index contributed by atoms with van der Waals surface area (Å²) in [6, 6.07) is 0. The molecule has 0 aliphatic carbocycles. The summed E-state index contributed by atoms with van der Waals surface area (Å²) in [5.41, 5.74) is 0. The Hall–Kier alpha value is 0.470. The molecular weight excluding hydrogens is 165 g/mol. The van der Waals surface area contributed by atoms with Crippen molar-refractivity contribution in [2.45, 2.75) is 52.9 Å². The van der Waals surface area contributed by atoms with E-state index in [1.807, 2.05) is 0 Å². The van der Waals surface area contributed by atoms with E-state index in [-0.39, 0.29) is 43.4 Å². The second kappa shape index (κ2) is 14.0. The quantitative estimate of drug-likeness (QED) is 0.382. The average molecular weight is 184 g/mol. The van der Waals surface area contributed by atoms with Gasteiger partial charge in [-0.2, -0.15) is 0 Å². The first-order chi connectivity index (χ1) is 4.77. The van der Waals surface area contributed by atoms with E-state index in [4.69, 9.17) is 0 Å². The Morgan fingerprint density at radius 2 is 1.67 bits per heavy atom. The molecule has 0 spiro atoms. The summed E-state index contributed by atoms with van der Waals surface area (Å²) in [4.78, 5) is 9.92. The van der Waals surface area contributed by atoms with Crippen molar-refractivity contribution < 1.29 is 39.5 Å². The minimum atomic E-state index is -0.920. The van der Waals surface area contributed by atoms with Gasteiger partial charge in [0.15, 0.2) is 0 Å². The molecule has 0 atom stereocenters. The zero-order chi connectivity index (χ0) is 7.82. The molecule has 0 saturated heterocycles. The summed E-state index contributed by atoms with van der Waals surface area (Å²) in [6.45, 7) is 2.14. The number of carbonyl (C=O) groups excluding carboxylic acids is 1. The van der Waals surface area contributed by atoms with Gasteiger partial charge in [-0.25, -0.2) is 0 Å². The second-order valence-electron chi connectivity index (χ2n) is 2.54. The van der Waals surface area contributed by atoms with Gasteiger partial charge in [0.25, 0.3) is 0 Å². The van der Waals surface area contributed by atoms with Crippen LogP contribution in [0.2, 0.25) is 0 Å². The Kier molecular flexibility index (Phi) is 21.4. The van der Waals surface area contributed by atoms with E-state index in [1.54, 1.807) is 0 Å². The number of carboxylic acid groups (broad SMARTS) is 1. The molecule has 0 aromatic rings. The summed E-state index contributed by atoms with van der Waals surface area (Å²) in [7, 11) is 0. The van der Waals surface area contributed by atoms with Crippen LogP contribution in [0.1, 0.15) is 52.9 Å². The van der Waals surface area contributed by atoms with Crippen molar-refractivity contribution >= 4 is 5.97 Å². The molecule has 0 aromatic carbocycles. The van der Waals surface area contributed by atoms with Crippen LogP contribution >= 0.6 is 0 Å². The Labute approximate surface area is 98.0 Å². The van der Waals surface area contributed by atoms with E-state index < -0.39 is 5.97 Å². The number of carboxylic acids is 1. The number of aliphatic carboxylic acids is 1. The molecule has 0 aliphatic heterocycles. The predicted molar refractivity (Wildman–Crippen MR) is 45.1 cm³/mol. The average Bonchev–Trinajstić information content (AvgIpc) is 1.87. The van der Waals surface area contributed by atoms with Crippen LogP contribution in [0.15, 0.2) is 0 Å². The Balaban J connectivity index is -0.000000405. The first kappa shape index (κ1) is 18.3. The molecular formula is C9H19NaO2. The number of unbranched alkanes of at least 4 members (excludes halogenated alkanes) is 4. The van der Waals surface area contributed by atoms with E-state index in [2.05, 4.69) is 6.92 Å². The Morgan fingerprint density at radius 3 is 2.08 bits per heavy atom. The van der Waals surface area contributed by atoms with Crippen molar-refractivity contribution in [3.8, 4) is 0 Å². The fraction of sp³-hybridized carbons (Fsp3) is 0.889. The molecule has 68 valence electrons. The van der Waals surface area contributed by atoms with Crippen LogP contribution in [0.4, 0.5) is 0 Å². The van der Waals surface area contributed by atoms with Crippen molar-refractivity contribution in [2.24, 2.45) is 0 Å². The van der Waals surface area contributed by atoms with Gasteiger partial charge in [0.2, 0.25) is 0 Å². The predicted octanol–water partition coefficient (Wildman–Crippen LogP) is -1.26. The van der Waals surface area contributed by atoms with Gasteiger partial charge < -0.3 is 9.90 Å². The minimum absolute atomic E-state index is 0. The van der Waals surface area contributed by atoms with Crippen LogP contribution in [0, 0.1) is 0 Å². The zero-order valence-corrected chi connectivity index (χ0v) is 9.56. The van der Waals surface area contributed by atoms with Crippen LogP contribution in [0.5, 0.6) is 0 Å². The zero-order valence-electron chi connectivity index (χ0n) is 7.56. The Bertz CT molecular complexity index is 94.5. The fourth-order valence-corrected chi connectivity index (χ4v) is 0.873. The number of hydrogen-bond acceptors (Lipinski definition) is 2.